The van der Waals surface area contributed by atoms with Crippen LogP contribution in [0.1, 0.15) is 54.2 Å². The molecule has 6 aromatic carbocycles. The van der Waals surface area contributed by atoms with E-state index < -0.39 is 72.8 Å². The molecule has 2 aliphatic heterocycles. The zero-order valence-corrected chi connectivity index (χ0v) is 42.7. The topological polar surface area (TPSA) is 119 Å². The average Bonchev–Trinajstić information content (AvgIpc) is 3.42. The van der Waals surface area contributed by atoms with Gasteiger partial charge in [-0.05, 0) is 66.3 Å². The van der Waals surface area contributed by atoms with Crippen LogP contribution in [0.15, 0.2) is 176 Å². The third-order valence-corrected chi connectivity index (χ3v) is 12.8. The number of methoxy groups -OCH3 is 1. The van der Waals surface area contributed by atoms with Crippen LogP contribution in [0.4, 0.5) is 0 Å². The standard InChI is InChI=1S/C60H67ClO12/c1-60(2,3)59(62)73-56-54(68-38-46-28-18-9-19-29-46)51(65-35-43-22-12-6-13-23-43)49(40-64-34-42-20-10-5-11-21-42)72-58(56)70-41-50-52(66-36-44-24-14-7-15-25-44)53(67-37-45-26-16-8-17-27-45)55(57(63-4)71-50)69-39-47-30-32-48(61)33-31-47/h5-33,49-58H,34-41H2,1-4H3/t49-,50-,51-,52-,53+,54+,55-,56-,57-,58-/m1/s1. The highest BCUT2D eigenvalue weighted by Crippen LogP contribution is 2.36. The largest absolute Gasteiger partial charge is 0.454 e. The van der Waals surface area contributed by atoms with Crippen LogP contribution in [0.3, 0.4) is 0 Å². The van der Waals surface area contributed by atoms with E-state index in [-0.39, 0.29) is 46.2 Å². The normalized spacial score (nSPS) is 24.2. The minimum absolute atomic E-state index is 0.0931. The van der Waals surface area contributed by atoms with E-state index in [1.54, 1.807) is 27.9 Å². The number of rotatable bonds is 24. The van der Waals surface area contributed by atoms with Gasteiger partial charge in [0.2, 0.25) is 0 Å². The van der Waals surface area contributed by atoms with Crippen molar-refractivity contribution < 1.29 is 56.9 Å². The molecule has 0 spiro atoms. The van der Waals surface area contributed by atoms with Gasteiger partial charge in [-0.2, -0.15) is 0 Å². The van der Waals surface area contributed by atoms with Crippen molar-refractivity contribution in [2.24, 2.45) is 5.41 Å². The molecule has 0 unspecified atom stereocenters. The second-order valence-electron chi connectivity index (χ2n) is 19.2. The smallest absolute Gasteiger partial charge is 0.311 e. The molecule has 10 atom stereocenters. The monoisotopic (exact) mass is 1010 g/mol. The van der Waals surface area contributed by atoms with E-state index in [1.807, 2.05) is 176 Å². The van der Waals surface area contributed by atoms with Crippen LogP contribution in [0.5, 0.6) is 0 Å². The first-order valence-corrected chi connectivity index (χ1v) is 25.3. The van der Waals surface area contributed by atoms with Gasteiger partial charge in [-0.3, -0.25) is 4.79 Å². The molecule has 0 radical (unpaired) electrons. The van der Waals surface area contributed by atoms with Crippen LogP contribution >= 0.6 is 11.6 Å². The summed E-state index contributed by atoms with van der Waals surface area (Å²) < 4.78 is 73.9. The lowest BCUT2D eigenvalue weighted by molar-refractivity contribution is -0.348. The Kier molecular flexibility index (Phi) is 20.2. The van der Waals surface area contributed by atoms with Gasteiger partial charge in [-0.15, -0.1) is 0 Å². The maximum Gasteiger partial charge on any atom is 0.311 e. The first-order chi connectivity index (χ1) is 35.6. The number of ether oxygens (including phenoxy) is 11. The van der Waals surface area contributed by atoms with Crippen LogP contribution in [-0.4, -0.2) is 87.7 Å². The number of carbonyl (C=O) groups is 1. The minimum atomic E-state index is -1.21. The molecular weight excluding hydrogens is 948 g/mol. The molecule has 2 aliphatic rings. The Hall–Kier alpha value is -5.32. The molecule has 2 saturated heterocycles. The fraction of sp³-hybridized carbons (Fsp3) is 0.383. The van der Waals surface area contributed by atoms with Crippen LogP contribution in [-0.2, 0) is 96.5 Å². The van der Waals surface area contributed by atoms with Gasteiger partial charge in [0.15, 0.2) is 18.7 Å². The van der Waals surface area contributed by atoms with E-state index in [2.05, 4.69) is 0 Å². The Balaban J connectivity index is 1.14. The van der Waals surface area contributed by atoms with Gasteiger partial charge in [0.25, 0.3) is 0 Å². The lowest BCUT2D eigenvalue weighted by atomic mass is 9.95. The van der Waals surface area contributed by atoms with Crippen molar-refractivity contribution in [3.8, 4) is 0 Å². The van der Waals surface area contributed by atoms with Crippen molar-refractivity contribution in [2.75, 3.05) is 20.3 Å². The summed E-state index contributed by atoms with van der Waals surface area (Å²) in [6.07, 6.45) is -8.88. The van der Waals surface area contributed by atoms with E-state index in [4.69, 9.17) is 63.7 Å². The molecule has 0 saturated carbocycles. The maximum absolute atomic E-state index is 14.2. The highest BCUT2D eigenvalue weighted by Gasteiger charge is 2.53. The van der Waals surface area contributed by atoms with Gasteiger partial charge in [0.05, 0.1) is 58.3 Å². The molecule has 2 fully saturated rings. The Bertz CT molecular complexity index is 2500. The van der Waals surface area contributed by atoms with E-state index in [9.17, 15) is 4.79 Å². The lowest BCUT2D eigenvalue weighted by Crippen LogP contribution is -2.64. The summed E-state index contributed by atoms with van der Waals surface area (Å²) in [5.74, 6) is -0.476. The predicted octanol–water partition coefficient (Wildman–Crippen LogP) is 10.9. The molecule has 0 amide bonds. The Morgan fingerprint density at radius 1 is 0.425 bits per heavy atom. The van der Waals surface area contributed by atoms with Crippen molar-refractivity contribution in [1.82, 2.24) is 0 Å². The summed E-state index contributed by atoms with van der Waals surface area (Å²) >= 11 is 6.25. The predicted molar refractivity (Wildman–Crippen MR) is 276 cm³/mol. The Morgan fingerprint density at radius 2 is 0.781 bits per heavy atom. The molecule has 0 bridgehead atoms. The van der Waals surface area contributed by atoms with Gasteiger partial charge in [-0.25, -0.2) is 0 Å². The number of benzene rings is 6. The second-order valence-corrected chi connectivity index (χ2v) is 19.7. The number of hydrogen-bond donors (Lipinski definition) is 0. The third-order valence-electron chi connectivity index (χ3n) is 12.6. The van der Waals surface area contributed by atoms with Crippen molar-refractivity contribution in [1.29, 1.82) is 0 Å². The van der Waals surface area contributed by atoms with Crippen molar-refractivity contribution in [3.05, 3.63) is 214 Å². The average molecular weight is 1020 g/mol. The zero-order valence-electron chi connectivity index (χ0n) is 42.0. The molecule has 73 heavy (non-hydrogen) atoms. The summed E-state index contributed by atoms with van der Waals surface area (Å²) in [4.78, 5) is 14.2. The first-order valence-electron chi connectivity index (χ1n) is 24.9. The third kappa shape index (κ3) is 15.8. The number of carbonyl (C=O) groups excluding carboxylic acids is 1. The van der Waals surface area contributed by atoms with Crippen LogP contribution in [0.2, 0.25) is 5.02 Å². The van der Waals surface area contributed by atoms with Crippen molar-refractivity contribution in [2.45, 2.75) is 122 Å². The SMILES string of the molecule is CO[C@@H]1O[C@H](CO[C@@H]2O[C@H](COCc3ccccc3)[C@@H](OCc3ccccc3)[C@H](OCc3ccccc3)[C@H]2OC(=O)C(C)(C)C)[C@@H](OCc2ccccc2)[C@H](OCc2ccccc2)[C@H]1OCc1ccc(Cl)cc1. The number of halogens is 1. The first kappa shape index (κ1) is 54.0. The number of esters is 1. The van der Waals surface area contributed by atoms with E-state index >= 15 is 0 Å². The molecule has 2 heterocycles. The molecule has 0 aliphatic carbocycles. The van der Waals surface area contributed by atoms with Gasteiger partial charge in [0, 0.05) is 12.1 Å². The summed E-state index contributed by atoms with van der Waals surface area (Å²) in [5, 5.41) is 0.619. The van der Waals surface area contributed by atoms with E-state index in [0.29, 0.717) is 11.6 Å². The Morgan fingerprint density at radius 3 is 1.21 bits per heavy atom. The highest BCUT2D eigenvalue weighted by atomic mass is 35.5. The van der Waals surface area contributed by atoms with Crippen LogP contribution in [0, 0.1) is 5.41 Å². The van der Waals surface area contributed by atoms with E-state index in [1.165, 1.54) is 0 Å². The quantitative estimate of drug-likeness (QED) is 0.0537. The molecule has 6 aromatic rings. The molecule has 13 heteroatoms. The van der Waals surface area contributed by atoms with Gasteiger partial charge < -0.3 is 52.1 Å². The molecule has 12 nitrogen and oxygen atoms in total. The van der Waals surface area contributed by atoms with Crippen molar-refractivity contribution in [3.63, 3.8) is 0 Å². The van der Waals surface area contributed by atoms with Gasteiger partial charge >= 0.3 is 5.97 Å². The van der Waals surface area contributed by atoms with Crippen LogP contribution < -0.4 is 0 Å². The maximum atomic E-state index is 14.2. The van der Waals surface area contributed by atoms with Crippen molar-refractivity contribution >= 4 is 17.6 Å². The van der Waals surface area contributed by atoms with E-state index in [0.717, 1.165) is 33.4 Å². The zero-order chi connectivity index (χ0) is 50.8. The van der Waals surface area contributed by atoms with Gasteiger partial charge in [0.1, 0.15) is 42.7 Å². The summed E-state index contributed by atoms with van der Waals surface area (Å²) in [6, 6.07) is 56.8. The fourth-order valence-corrected chi connectivity index (χ4v) is 8.76. The number of hydrogen-bond acceptors (Lipinski definition) is 12. The minimum Gasteiger partial charge on any atom is -0.454 e. The molecule has 0 aromatic heterocycles. The fourth-order valence-electron chi connectivity index (χ4n) is 8.63. The summed E-state index contributed by atoms with van der Waals surface area (Å²) in [5.41, 5.74) is 4.75. The van der Waals surface area contributed by atoms with Gasteiger partial charge in [-0.1, -0.05) is 175 Å². The van der Waals surface area contributed by atoms with Crippen LogP contribution in [0.25, 0.3) is 0 Å². The summed E-state index contributed by atoms with van der Waals surface area (Å²) in [6.45, 7) is 6.77. The molecule has 0 N–H and O–H groups in total. The Labute approximate surface area is 434 Å². The second kappa shape index (κ2) is 27.3. The molecule has 8 rings (SSSR count). The summed E-state index contributed by atoms with van der Waals surface area (Å²) in [7, 11) is 1.57. The lowest BCUT2D eigenvalue weighted by Gasteiger charge is -2.48. The molecule has 386 valence electrons. The highest BCUT2D eigenvalue weighted by molar-refractivity contribution is 6.30. The molecular formula is C60H67ClO12.